The first-order valence-corrected chi connectivity index (χ1v) is 16.3. The molecule has 0 saturated heterocycles. The number of thiazole rings is 1. The van der Waals surface area contributed by atoms with Crippen LogP contribution >= 0.6 is 50.5 Å². The minimum atomic E-state index is -0.672. The van der Waals surface area contributed by atoms with Crippen LogP contribution in [-0.4, -0.2) is 23.8 Å². The number of carbonyl (C=O) groups is 1. The molecule has 1 atom stereocenters. The maximum Gasteiger partial charge on any atom is 0.338 e. The van der Waals surface area contributed by atoms with Gasteiger partial charge in [-0.2, -0.15) is 0 Å². The molecule has 0 spiro atoms. The number of fused-ring (bicyclic) bond motifs is 1. The molecule has 1 aromatic heterocycles. The van der Waals surface area contributed by atoms with Crippen LogP contribution in [-0.2, 0) is 16.1 Å². The largest absolute Gasteiger partial charge is 0.490 e. The third-order valence-corrected chi connectivity index (χ3v) is 9.09. The molecule has 3 aromatic carbocycles. The quantitative estimate of drug-likeness (QED) is 0.172. The molecule has 0 radical (unpaired) electrons. The molecule has 11 heteroatoms. The third-order valence-electron chi connectivity index (χ3n) is 6.93. The zero-order valence-corrected chi connectivity index (χ0v) is 28.4. The van der Waals surface area contributed by atoms with Crippen molar-refractivity contribution < 1.29 is 19.0 Å². The number of rotatable bonds is 9. The van der Waals surface area contributed by atoms with Gasteiger partial charge in [0.1, 0.15) is 6.61 Å². The molecule has 7 nitrogen and oxygen atoms in total. The van der Waals surface area contributed by atoms with Crippen molar-refractivity contribution in [3.05, 3.63) is 122 Å². The van der Waals surface area contributed by atoms with Gasteiger partial charge < -0.3 is 14.2 Å². The number of ether oxygens (including phenoxy) is 3. The predicted octanol–water partition coefficient (Wildman–Crippen LogP) is 7.15. The fraction of sp³-hybridized carbons (Fsp3) is 0.242. The van der Waals surface area contributed by atoms with Crippen LogP contribution in [0.2, 0.25) is 10.0 Å². The van der Waals surface area contributed by atoms with Gasteiger partial charge in [-0.3, -0.25) is 9.36 Å². The number of benzene rings is 3. The Morgan fingerprint density at radius 3 is 2.48 bits per heavy atom. The number of esters is 1. The predicted molar refractivity (Wildman–Crippen MR) is 178 cm³/mol. The summed E-state index contributed by atoms with van der Waals surface area (Å²) in [5.41, 5.74) is 3.96. The summed E-state index contributed by atoms with van der Waals surface area (Å²) in [7, 11) is 0. The molecule has 0 aliphatic carbocycles. The van der Waals surface area contributed by atoms with Gasteiger partial charge in [0.05, 0.1) is 39.5 Å². The molecule has 5 rings (SSSR count). The van der Waals surface area contributed by atoms with Crippen molar-refractivity contribution in [3.8, 4) is 11.5 Å². The summed E-state index contributed by atoms with van der Waals surface area (Å²) >= 11 is 17.2. The van der Waals surface area contributed by atoms with E-state index in [4.69, 9.17) is 37.4 Å². The summed E-state index contributed by atoms with van der Waals surface area (Å²) in [5.74, 6) is 0.517. The van der Waals surface area contributed by atoms with E-state index in [0.717, 1.165) is 22.3 Å². The van der Waals surface area contributed by atoms with Crippen molar-refractivity contribution in [2.45, 2.75) is 40.3 Å². The topological polar surface area (TPSA) is 79.1 Å². The highest BCUT2D eigenvalue weighted by molar-refractivity contribution is 9.10. The normalized spacial score (nSPS) is 14.7. The molecule has 0 bridgehead atoms. The number of hydrogen-bond donors (Lipinski definition) is 0. The molecule has 44 heavy (non-hydrogen) atoms. The van der Waals surface area contributed by atoms with Gasteiger partial charge in [-0.25, -0.2) is 9.79 Å². The minimum Gasteiger partial charge on any atom is -0.490 e. The summed E-state index contributed by atoms with van der Waals surface area (Å²) in [4.78, 5) is 32.3. The lowest BCUT2D eigenvalue weighted by Crippen LogP contribution is -2.39. The standard InChI is InChI=1S/C33H29BrCl2N2O5S/c1-5-41-26-14-20(13-24(34)30(26)43-17-22-11-12-23(35)16-25(22)36)15-27-31(39)38-29(21-9-7-18(3)8-10-21)28(32(40)42-6-2)19(4)37-33(38)44-27/h7-16,29H,5-6,17H2,1-4H3/b27-15-/t29-/m1/s1. The van der Waals surface area contributed by atoms with Gasteiger partial charge in [-0.1, -0.05) is 70.4 Å². The molecule has 0 fully saturated rings. The number of halogens is 3. The van der Waals surface area contributed by atoms with Gasteiger partial charge in [0.15, 0.2) is 16.3 Å². The number of aryl methyl sites for hydroxylation is 1. The summed E-state index contributed by atoms with van der Waals surface area (Å²) in [6.07, 6.45) is 1.78. The molecule has 4 aromatic rings. The fourth-order valence-corrected chi connectivity index (χ4v) is 6.95. The van der Waals surface area contributed by atoms with Gasteiger partial charge in [0.25, 0.3) is 5.56 Å². The van der Waals surface area contributed by atoms with E-state index in [9.17, 15) is 9.59 Å². The molecule has 1 aliphatic heterocycles. The van der Waals surface area contributed by atoms with Gasteiger partial charge >= 0.3 is 5.97 Å². The van der Waals surface area contributed by atoms with Crippen molar-refractivity contribution >= 4 is 62.5 Å². The third kappa shape index (κ3) is 6.66. The highest BCUT2D eigenvalue weighted by Gasteiger charge is 2.33. The smallest absolute Gasteiger partial charge is 0.338 e. The molecule has 0 N–H and O–H groups in total. The maximum atomic E-state index is 14.0. The Bertz CT molecular complexity index is 1950. The van der Waals surface area contributed by atoms with E-state index < -0.39 is 12.0 Å². The second kappa shape index (κ2) is 13.7. The van der Waals surface area contributed by atoms with Crippen LogP contribution in [0.4, 0.5) is 0 Å². The summed E-state index contributed by atoms with van der Waals surface area (Å²) in [6.45, 7) is 8.21. The first kappa shape index (κ1) is 32.0. The van der Waals surface area contributed by atoms with Crippen LogP contribution in [0.15, 0.2) is 80.1 Å². The Balaban J connectivity index is 1.58. The second-order valence-corrected chi connectivity index (χ2v) is 12.7. The minimum absolute atomic E-state index is 0.202. The highest BCUT2D eigenvalue weighted by atomic mass is 79.9. The molecule has 0 amide bonds. The van der Waals surface area contributed by atoms with E-state index >= 15 is 0 Å². The molecule has 2 heterocycles. The summed E-state index contributed by atoms with van der Waals surface area (Å²) in [6, 6.07) is 16.0. The van der Waals surface area contributed by atoms with E-state index in [2.05, 4.69) is 20.9 Å². The fourth-order valence-electron chi connectivity index (χ4n) is 4.87. The van der Waals surface area contributed by atoms with Gasteiger partial charge in [0, 0.05) is 15.6 Å². The molecule has 1 aliphatic rings. The number of hydrogen-bond acceptors (Lipinski definition) is 7. The Morgan fingerprint density at radius 1 is 1.05 bits per heavy atom. The number of aromatic nitrogens is 1. The van der Waals surface area contributed by atoms with Crippen LogP contribution in [0.5, 0.6) is 11.5 Å². The first-order chi connectivity index (χ1) is 21.1. The Kier molecular flexibility index (Phi) is 10.00. The monoisotopic (exact) mass is 714 g/mol. The molecule has 0 saturated carbocycles. The lowest BCUT2D eigenvalue weighted by molar-refractivity contribution is -0.139. The molecular formula is C33H29BrCl2N2O5S. The van der Waals surface area contributed by atoms with E-state index in [-0.39, 0.29) is 18.8 Å². The van der Waals surface area contributed by atoms with E-state index in [1.165, 1.54) is 11.3 Å². The number of carbonyl (C=O) groups excluding carboxylic acids is 1. The lowest BCUT2D eigenvalue weighted by atomic mass is 9.95. The van der Waals surface area contributed by atoms with Gasteiger partial charge in [-0.05, 0) is 85.1 Å². The lowest BCUT2D eigenvalue weighted by Gasteiger charge is -2.24. The van der Waals surface area contributed by atoms with E-state index in [1.807, 2.05) is 56.3 Å². The Morgan fingerprint density at radius 2 is 1.80 bits per heavy atom. The van der Waals surface area contributed by atoms with Crippen LogP contribution in [0, 0.1) is 6.92 Å². The average Bonchev–Trinajstić information content (AvgIpc) is 3.27. The van der Waals surface area contributed by atoms with Crippen LogP contribution in [0.1, 0.15) is 49.1 Å². The number of allylic oxidation sites excluding steroid dienone is 1. The van der Waals surface area contributed by atoms with Crippen molar-refractivity contribution in [1.29, 1.82) is 0 Å². The van der Waals surface area contributed by atoms with Gasteiger partial charge in [0.2, 0.25) is 0 Å². The Labute approximate surface area is 277 Å². The number of nitrogens with zero attached hydrogens (tertiary/aromatic N) is 2. The van der Waals surface area contributed by atoms with Crippen molar-refractivity contribution in [2.24, 2.45) is 4.99 Å². The van der Waals surface area contributed by atoms with Crippen molar-refractivity contribution in [2.75, 3.05) is 13.2 Å². The second-order valence-electron chi connectivity index (χ2n) is 10.0. The first-order valence-electron chi connectivity index (χ1n) is 13.9. The van der Waals surface area contributed by atoms with E-state index in [0.29, 0.717) is 53.2 Å². The Hall–Kier alpha value is -3.37. The van der Waals surface area contributed by atoms with E-state index in [1.54, 1.807) is 36.6 Å². The van der Waals surface area contributed by atoms with Crippen molar-refractivity contribution in [3.63, 3.8) is 0 Å². The average molecular weight is 716 g/mol. The molecule has 228 valence electrons. The van der Waals surface area contributed by atoms with Crippen LogP contribution < -0.4 is 24.4 Å². The maximum absolute atomic E-state index is 14.0. The zero-order chi connectivity index (χ0) is 31.5. The zero-order valence-electron chi connectivity index (χ0n) is 24.4. The summed E-state index contributed by atoms with van der Waals surface area (Å²) in [5, 5.41) is 1.05. The molecule has 0 unspecified atom stereocenters. The molecular weight excluding hydrogens is 687 g/mol. The highest BCUT2D eigenvalue weighted by Crippen LogP contribution is 2.38. The van der Waals surface area contributed by atoms with Crippen LogP contribution in [0.25, 0.3) is 6.08 Å². The SMILES string of the molecule is CCOC(=O)C1=C(C)N=c2s/c(=C\c3cc(Br)c(OCc4ccc(Cl)cc4Cl)c(OCC)c3)c(=O)n2[C@@H]1c1ccc(C)cc1. The van der Waals surface area contributed by atoms with Crippen molar-refractivity contribution in [1.82, 2.24) is 4.57 Å². The van der Waals surface area contributed by atoms with Gasteiger partial charge in [-0.15, -0.1) is 0 Å². The van der Waals surface area contributed by atoms with Crippen LogP contribution in [0.3, 0.4) is 0 Å². The summed E-state index contributed by atoms with van der Waals surface area (Å²) < 4.78 is 20.1.